The lowest BCUT2D eigenvalue weighted by molar-refractivity contribution is -0.418. The molecule has 0 spiro atoms. The van der Waals surface area contributed by atoms with Gasteiger partial charge in [0.25, 0.3) is 0 Å². The number of allylic oxidation sites excluding steroid dienone is 3. The first-order valence-corrected chi connectivity index (χ1v) is 4.70. The Morgan fingerprint density at radius 1 is 1.31 bits per heavy atom. The van der Waals surface area contributed by atoms with E-state index in [2.05, 4.69) is 0 Å². The minimum atomic E-state index is -0.683. The molecular weight excluding hydrogens is 206 g/mol. The van der Waals surface area contributed by atoms with Crippen molar-refractivity contribution in [1.29, 1.82) is 0 Å². The molecule has 0 N–H and O–H groups in total. The summed E-state index contributed by atoms with van der Waals surface area (Å²) in [5, 5.41) is 10.5. The lowest BCUT2D eigenvalue weighted by Crippen LogP contribution is -2.06. The van der Waals surface area contributed by atoms with Gasteiger partial charge >= 0.3 is 5.70 Å². The zero-order chi connectivity index (χ0) is 12.0. The van der Waals surface area contributed by atoms with Crippen molar-refractivity contribution in [1.82, 2.24) is 0 Å². The summed E-state index contributed by atoms with van der Waals surface area (Å²) in [6.07, 6.45) is 4.40. The van der Waals surface area contributed by atoms with Crippen LogP contribution in [0.4, 0.5) is 0 Å². The topological polar surface area (TPSA) is 60.2 Å². The minimum Gasteiger partial charge on any atom is -0.288 e. The molecule has 4 nitrogen and oxygen atoms in total. The van der Waals surface area contributed by atoms with Crippen molar-refractivity contribution < 1.29 is 9.72 Å². The standard InChI is InChI=1S/C12H11NO3/c1-10(14)12(13(15)16)9-5-8-11-6-3-2-4-7-11/h2-9H,1H3/b8-5-,12-9-. The van der Waals surface area contributed by atoms with Crippen molar-refractivity contribution in [2.24, 2.45) is 0 Å². The Hall–Kier alpha value is -2.23. The molecule has 0 bridgehead atoms. The first-order chi connectivity index (χ1) is 7.61. The van der Waals surface area contributed by atoms with E-state index in [0.717, 1.165) is 5.56 Å². The molecule has 0 fully saturated rings. The van der Waals surface area contributed by atoms with E-state index < -0.39 is 16.4 Å². The number of rotatable bonds is 4. The maximum absolute atomic E-state index is 10.9. The smallest absolute Gasteiger partial charge is 0.288 e. The number of ketones is 1. The van der Waals surface area contributed by atoms with Gasteiger partial charge in [-0.05, 0) is 5.56 Å². The van der Waals surface area contributed by atoms with Gasteiger partial charge in [0.05, 0.1) is 4.92 Å². The van der Waals surface area contributed by atoms with Crippen LogP contribution in [0.3, 0.4) is 0 Å². The molecule has 0 aliphatic carbocycles. The van der Waals surface area contributed by atoms with E-state index in [0.29, 0.717) is 0 Å². The monoisotopic (exact) mass is 217 g/mol. The molecule has 0 saturated heterocycles. The van der Waals surface area contributed by atoms with Crippen molar-refractivity contribution in [3.8, 4) is 0 Å². The highest BCUT2D eigenvalue weighted by molar-refractivity contribution is 5.91. The summed E-state index contributed by atoms with van der Waals surface area (Å²) in [5.41, 5.74) is 0.511. The van der Waals surface area contributed by atoms with Gasteiger partial charge in [0.15, 0.2) is 0 Å². The van der Waals surface area contributed by atoms with Gasteiger partial charge in [-0.25, -0.2) is 0 Å². The molecule has 16 heavy (non-hydrogen) atoms. The van der Waals surface area contributed by atoms with E-state index in [1.54, 1.807) is 6.08 Å². The number of Topliss-reactive ketones (excluding diaryl/α,β-unsaturated/α-hetero) is 1. The Morgan fingerprint density at radius 2 is 1.94 bits per heavy atom. The SMILES string of the molecule is CC(=O)/C(=C/C=C\c1ccccc1)[N+](=O)[O-]. The van der Waals surface area contributed by atoms with E-state index in [-0.39, 0.29) is 0 Å². The Morgan fingerprint density at radius 3 is 2.44 bits per heavy atom. The van der Waals surface area contributed by atoms with Gasteiger partial charge in [0, 0.05) is 13.0 Å². The van der Waals surface area contributed by atoms with E-state index in [4.69, 9.17) is 0 Å². The van der Waals surface area contributed by atoms with Gasteiger partial charge in [-0.3, -0.25) is 14.9 Å². The average Bonchev–Trinajstić information content (AvgIpc) is 2.24. The fraction of sp³-hybridized carbons (Fsp3) is 0.0833. The number of hydrogen-bond donors (Lipinski definition) is 0. The summed E-state index contributed by atoms with van der Waals surface area (Å²) in [5.74, 6) is -0.553. The molecule has 0 unspecified atom stereocenters. The zero-order valence-corrected chi connectivity index (χ0v) is 8.79. The number of benzene rings is 1. The van der Waals surface area contributed by atoms with Crippen LogP contribution in [-0.2, 0) is 4.79 Å². The minimum absolute atomic E-state index is 0.410. The molecule has 0 aliphatic heterocycles. The molecule has 0 heterocycles. The first-order valence-electron chi connectivity index (χ1n) is 4.70. The third kappa shape index (κ3) is 3.49. The van der Waals surface area contributed by atoms with Crippen molar-refractivity contribution in [3.63, 3.8) is 0 Å². The van der Waals surface area contributed by atoms with Crippen LogP contribution < -0.4 is 0 Å². The van der Waals surface area contributed by atoms with E-state index in [1.807, 2.05) is 30.3 Å². The van der Waals surface area contributed by atoms with Crippen molar-refractivity contribution >= 4 is 11.9 Å². The molecule has 0 amide bonds. The third-order valence-corrected chi connectivity index (χ3v) is 1.90. The van der Waals surface area contributed by atoms with Gasteiger partial charge < -0.3 is 0 Å². The molecule has 0 aromatic heterocycles. The van der Waals surface area contributed by atoms with Crippen LogP contribution in [0.25, 0.3) is 6.08 Å². The fourth-order valence-corrected chi connectivity index (χ4v) is 1.12. The average molecular weight is 217 g/mol. The number of carbonyl (C=O) groups excluding carboxylic acids is 1. The summed E-state index contributed by atoms with van der Waals surface area (Å²) in [4.78, 5) is 20.7. The summed E-state index contributed by atoms with van der Waals surface area (Å²) in [6.45, 7) is 1.17. The lowest BCUT2D eigenvalue weighted by atomic mass is 10.2. The largest absolute Gasteiger partial charge is 0.311 e. The molecule has 1 rings (SSSR count). The van der Waals surface area contributed by atoms with Crippen LogP contribution in [-0.4, -0.2) is 10.7 Å². The molecule has 1 aromatic rings. The maximum Gasteiger partial charge on any atom is 0.311 e. The third-order valence-electron chi connectivity index (χ3n) is 1.90. The van der Waals surface area contributed by atoms with Crippen LogP contribution in [0, 0.1) is 10.1 Å². The van der Waals surface area contributed by atoms with Crippen LogP contribution in [0.15, 0.2) is 48.2 Å². The molecule has 0 saturated carbocycles. The van der Waals surface area contributed by atoms with Crippen LogP contribution in [0.1, 0.15) is 12.5 Å². The second kappa shape index (κ2) is 5.60. The number of hydrogen-bond acceptors (Lipinski definition) is 3. The Labute approximate surface area is 93.1 Å². The number of nitrogens with zero attached hydrogens (tertiary/aromatic N) is 1. The first kappa shape index (κ1) is 11.8. The number of carbonyl (C=O) groups is 1. The molecule has 4 heteroatoms. The second-order valence-electron chi connectivity index (χ2n) is 3.14. The second-order valence-corrected chi connectivity index (χ2v) is 3.14. The van der Waals surface area contributed by atoms with E-state index in [9.17, 15) is 14.9 Å². The normalized spacial score (nSPS) is 11.7. The number of nitro groups is 1. The molecule has 0 radical (unpaired) electrons. The summed E-state index contributed by atoms with van der Waals surface area (Å²) >= 11 is 0. The summed E-state index contributed by atoms with van der Waals surface area (Å²) in [6, 6.07) is 9.34. The summed E-state index contributed by atoms with van der Waals surface area (Å²) in [7, 11) is 0. The fourth-order valence-electron chi connectivity index (χ4n) is 1.12. The van der Waals surface area contributed by atoms with Crippen LogP contribution in [0.2, 0.25) is 0 Å². The highest BCUT2D eigenvalue weighted by atomic mass is 16.6. The molecular formula is C12H11NO3. The van der Waals surface area contributed by atoms with Crippen molar-refractivity contribution in [3.05, 3.63) is 63.9 Å². The predicted molar refractivity (Wildman–Crippen MR) is 61.2 cm³/mol. The molecule has 0 aliphatic rings. The highest BCUT2D eigenvalue weighted by Crippen LogP contribution is 2.03. The Bertz CT molecular complexity index is 431. The summed E-state index contributed by atoms with van der Waals surface area (Å²) < 4.78 is 0. The highest BCUT2D eigenvalue weighted by Gasteiger charge is 2.14. The van der Waals surface area contributed by atoms with Gasteiger partial charge in [-0.2, -0.15) is 0 Å². The van der Waals surface area contributed by atoms with Crippen molar-refractivity contribution in [2.75, 3.05) is 0 Å². The van der Waals surface area contributed by atoms with Gasteiger partial charge in [-0.15, -0.1) is 0 Å². The molecule has 1 aromatic carbocycles. The Balaban J connectivity index is 2.82. The maximum atomic E-state index is 10.9. The predicted octanol–water partition coefficient (Wildman–Crippen LogP) is 2.45. The van der Waals surface area contributed by atoms with Gasteiger partial charge in [-0.1, -0.05) is 42.5 Å². The van der Waals surface area contributed by atoms with Crippen molar-refractivity contribution in [2.45, 2.75) is 6.92 Å². The quantitative estimate of drug-likeness (QED) is 0.337. The van der Waals surface area contributed by atoms with Crippen LogP contribution in [0.5, 0.6) is 0 Å². The van der Waals surface area contributed by atoms with Gasteiger partial charge in [0.2, 0.25) is 5.78 Å². The van der Waals surface area contributed by atoms with E-state index in [1.165, 1.54) is 19.1 Å². The molecule has 0 atom stereocenters. The van der Waals surface area contributed by atoms with Crippen LogP contribution >= 0.6 is 0 Å². The van der Waals surface area contributed by atoms with E-state index >= 15 is 0 Å². The molecule has 82 valence electrons. The lowest BCUT2D eigenvalue weighted by Gasteiger charge is -1.91. The zero-order valence-electron chi connectivity index (χ0n) is 8.79. The Kier molecular flexibility index (Phi) is 4.15. The van der Waals surface area contributed by atoms with Gasteiger partial charge in [0.1, 0.15) is 0 Å².